The highest BCUT2D eigenvalue weighted by molar-refractivity contribution is 7.18. The lowest BCUT2D eigenvalue weighted by Gasteiger charge is -2.10. The van der Waals surface area contributed by atoms with Gasteiger partial charge in [-0.25, -0.2) is 0 Å². The molecule has 1 fully saturated rings. The second-order valence-electron chi connectivity index (χ2n) is 4.23. The quantitative estimate of drug-likeness (QED) is 0.813. The number of ether oxygens (including phenoxy) is 1. The normalized spacial score (nSPS) is 18.6. The highest BCUT2D eigenvalue weighted by Crippen LogP contribution is 2.35. The Morgan fingerprint density at radius 3 is 3.06 bits per heavy atom. The van der Waals surface area contributed by atoms with Crippen molar-refractivity contribution in [3.05, 3.63) is 10.4 Å². The molecule has 0 aromatic carbocycles. The van der Waals surface area contributed by atoms with Gasteiger partial charge in [0.2, 0.25) is 0 Å². The Hall–Kier alpha value is -1.58. The van der Waals surface area contributed by atoms with Gasteiger partial charge in [0.1, 0.15) is 16.6 Å². The van der Waals surface area contributed by atoms with Gasteiger partial charge in [-0.05, 0) is 12.8 Å². The van der Waals surface area contributed by atoms with E-state index >= 15 is 0 Å². The molecule has 1 atom stereocenters. The van der Waals surface area contributed by atoms with Crippen LogP contribution in [0.4, 0.5) is 10.7 Å². The second kappa shape index (κ2) is 5.38. The predicted octanol–water partition coefficient (Wildman–Crippen LogP) is 2.00. The van der Waals surface area contributed by atoms with Gasteiger partial charge in [0.25, 0.3) is 0 Å². The van der Waals surface area contributed by atoms with Crippen LogP contribution in [0.5, 0.6) is 0 Å². The average molecular weight is 265 g/mol. The van der Waals surface area contributed by atoms with Gasteiger partial charge in [-0.2, -0.15) is 5.26 Å². The number of hydrogen-bond acceptors (Lipinski definition) is 6. The maximum Gasteiger partial charge on any atom is 0.171 e. The molecule has 96 valence electrons. The van der Waals surface area contributed by atoms with Crippen LogP contribution >= 0.6 is 11.3 Å². The number of anilines is 2. The van der Waals surface area contributed by atoms with Gasteiger partial charge in [-0.15, -0.1) is 11.3 Å². The number of carbonyl (C=O) groups excluding carboxylic acids is 1. The number of rotatable bonds is 4. The smallest absolute Gasteiger partial charge is 0.171 e. The van der Waals surface area contributed by atoms with Crippen molar-refractivity contribution < 1.29 is 9.53 Å². The number of nitrogens with one attached hydrogen (secondary N) is 1. The molecule has 1 aliphatic rings. The molecule has 1 saturated heterocycles. The summed E-state index contributed by atoms with van der Waals surface area (Å²) in [6, 6.07) is 2.04. The van der Waals surface area contributed by atoms with Gasteiger partial charge in [-0.3, -0.25) is 4.79 Å². The van der Waals surface area contributed by atoms with E-state index in [1.165, 1.54) is 18.3 Å². The Morgan fingerprint density at radius 1 is 1.72 bits per heavy atom. The van der Waals surface area contributed by atoms with Gasteiger partial charge in [0.05, 0.1) is 16.7 Å². The lowest BCUT2D eigenvalue weighted by Crippen LogP contribution is -2.18. The van der Waals surface area contributed by atoms with Gasteiger partial charge >= 0.3 is 0 Å². The molecule has 2 rings (SSSR count). The predicted molar refractivity (Wildman–Crippen MR) is 70.9 cm³/mol. The first-order chi connectivity index (χ1) is 8.63. The number of hydrogen-bond donors (Lipinski definition) is 2. The second-order valence-corrected chi connectivity index (χ2v) is 5.25. The van der Waals surface area contributed by atoms with Crippen molar-refractivity contribution in [2.75, 3.05) is 24.2 Å². The number of nitrogen functional groups attached to an aromatic ring is 1. The number of nitrogens with zero attached hydrogens (tertiary/aromatic N) is 1. The minimum atomic E-state index is -0.112. The molecular formula is C12H15N3O2S. The molecule has 6 heteroatoms. The van der Waals surface area contributed by atoms with E-state index in [9.17, 15) is 4.79 Å². The molecular weight excluding hydrogens is 250 g/mol. The Kier molecular flexibility index (Phi) is 3.84. The van der Waals surface area contributed by atoms with Gasteiger partial charge in [0, 0.05) is 20.1 Å². The van der Waals surface area contributed by atoms with E-state index in [-0.39, 0.29) is 17.6 Å². The van der Waals surface area contributed by atoms with Crippen LogP contribution in [0.3, 0.4) is 0 Å². The molecule has 0 saturated carbocycles. The van der Waals surface area contributed by atoms with Gasteiger partial charge in [0.15, 0.2) is 5.78 Å². The number of carbonyl (C=O) groups is 1. The van der Waals surface area contributed by atoms with Gasteiger partial charge < -0.3 is 15.8 Å². The lowest BCUT2D eigenvalue weighted by atomic mass is 10.2. The third-order valence-corrected chi connectivity index (χ3v) is 4.16. The number of nitriles is 1. The van der Waals surface area contributed by atoms with Crippen LogP contribution < -0.4 is 11.1 Å². The van der Waals surface area contributed by atoms with Gasteiger partial charge in [-0.1, -0.05) is 0 Å². The van der Waals surface area contributed by atoms with Crippen molar-refractivity contribution in [1.82, 2.24) is 0 Å². The third kappa shape index (κ3) is 2.47. The average Bonchev–Trinajstić information content (AvgIpc) is 2.93. The highest BCUT2D eigenvalue weighted by atomic mass is 32.1. The van der Waals surface area contributed by atoms with E-state index < -0.39 is 0 Å². The van der Waals surface area contributed by atoms with Crippen molar-refractivity contribution in [2.45, 2.75) is 25.9 Å². The Balaban J connectivity index is 2.14. The molecule has 0 aliphatic carbocycles. The molecule has 1 aromatic rings. The van der Waals surface area contributed by atoms with Crippen LogP contribution in [0.1, 0.15) is 35.0 Å². The van der Waals surface area contributed by atoms with Crippen molar-refractivity contribution >= 4 is 27.8 Å². The number of Topliss-reactive ketones (excluding diaryl/α,β-unsaturated/α-hetero) is 1. The van der Waals surface area contributed by atoms with E-state index in [0.717, 1.165) is 19.4 Å². The summed E-state index contributed by atoms with van der Waals surface area (Å²) < 4.78 is 5.49. The first-order valence-electron chi connectivity index (χ1n) is 5.82. The molecule has 5 nitrogen and oxygen atoms in total. The fourth-order valence-electron chi connectivity index (χ4n) is 1.95. The monoisotopic (exact) mass is 265 g/mol. The maximum absolute atomic E-state index is 11.4. The van der Waals surface area contributed by atoms with E-state index in [0.29, 0.717) is 22.0 Å². The van der Waals surface area contributed by atoms with Crippen molar-refractivity contribution in [3.8, 4) is 6.07 Å². The third-order valence-electron chi connectivity index (χ3n) is 2.89. The largest absolute Gasteiger partial charge is 0.396 e. The molecule has 2 heterocycles. The van der Waals surface area contributed by atoms with Crippen LogP contribution in [0, 0.1) is 11.3 Å². The van der Waals surface area contributed by atoms with Crippen molar-refractivity contribution in [3.63, 3.8) is 0 Å². The fraction of sp³-hybridized carbons (Fsp3) is 0.500. The van der Waals surface area contributed by atoms with E-state index in [4.69, 9.17) is 15.7 Å². The molecule has 3 N–H and O–H groups in total. The zero-order chi connectivity index (χ0) is 13.1. The van der Waals surface area contributed by atoms with E-state index in [2.05, 4.69) is 5.32 Å². The SMILES string of the molecule is CC(=O)c1sc(NCC2CCCO2)c(C#N)c1N. The summed E-state index contributed by atoms with van der Waals surface area (Å²) in [5, 5.41) is 12.9. The van der Waals surface area contributed by atoms with Crippen LogP contribution in [0.25, 0.3) is 0 Å². The number of nitrogens with two attached hydrogens (primary N) is 1. The van der Waals surface area contributed by atoms with Crippen LogP contribution in [0.15, 0.2) is 0 Å². The first-order valence-corrected chi connectivity index (χ1v) is 6.64. The highest BCUT2D eigenvalue weighted by Gasteiger charge is 2.20. The topological polar surface area (TPSA) is 88.1 Å². The summed E-state index contributed by atoms with van der Waals surface area (Å²) in [5.74, 6) is -0.112. The maximum atomic E-state index is 11.4. The van der Waals surface area contributed by atoms with Crippen LogP contribution in [-0.2, 0) is 4.74 Å². The lowest BCUT2D eigenvalue weighted by molar-refractivity contribution is 0.102. The zero-order valence-electron chi connectivity index (χ0n) is 10.2. The molecule has 0 spiro atoms. The minimum Gasteiger partial charge on any atom is -0.396 e. The Labute approximate surface area is 110 Å². The molecule has 1 aliphatic heterocycles. The Morgan fingerprint density at radius 2 is 2.50 bits per heavy atom. The van der Waals surface area contributed by atoms with Crippen LogP contribution in [-0.4, -0.2) is 25.0 Å². The summed E-state index contributed by atoms with van der Waals surface area (Å²) in [6.45, 7) is 2.89. The molecule has 0 radical (unpaired) electrons. The molecule has 0 bridgehead atoms. The standard InChI is InChI=1S/C12H15N3O2S/c1-7(16)11-10(14)9(5-13)12(18-11)15-6-8-3-2-4-17-8/h8,15H,2-4,6,14H2,1H3. The van der Waals surface area contributed by atoms with E-state index in [1.807, 2.05) is 6.07 Å². The summed E-state index contributed by atoms with van der Waals surface area (Å²) in [7, 11) is 0. The zero-order valence-corrected chi connectivity index (χ0v) is 11.0. The van der Waals surface area contributed by atoms with Crippen molar-refractivity contribution in [2.24, 2.45) is 0 Å². The molecule has 1 unspecified atom stereocenters. The molecule has 1 aromatic heterocycles. The molecule has 18 heavy (non-hydrogen) atoms. The Bertz CT molecular complexity index is 498. The summed E-state index contributed by atoms with van der Waals surface area (Å²) in [5.41, 5.74) is 6.44. The first kappa shape index (κ1) is 12.9. The summed E-state index contributed by atoms with van der Waals surface area (Å²) >= 11 is 1.24. The van der Waals surface area contributed by atoms with E-state index in [1.54, 1.807) is 0 Å². The molecule has 0 amide bonds. The van der Waals surface area contributed by atoms with Crippen LogP contribution in [0.2, 0.25) is 0 Å². The number of ketones is 1. The van der Waals surface area contributed by atoms with Crippen molar-refractivity contribution in [1.29, 1.82) is 5.26 Å². The number of thiophene rings is 1. The fourth-order valence-corrected chi connectivity index (χ4v) is 2.93. The summed E-state index contributed by atoms with van der Waals surface area (Å²) in [6.07, 6.45) is 2.28. The summed E-state index contributed by atoms with van der Waals surface area (Å²) in [4.78, 5) is 11.8. The minimum absolute atomic E-state index is 0.112.